The molecule has 2 aromatic rings. The van der Waals surface area contributed by atoms with Crippen molar-refractivity contribution in [2.75, 3.05) is 6.54 Å². The summed E-state index contributed by atoms with van der Waals surface area (Å²) in [5, 5.41) is 4.90. The molecular weight excluding hydrogens is 252 g/mol. The molecule has 0 aliphatic carbocycles. The van der Waals surface area contributed by atoms with Gasteiger partial charge in [0, 0.05) is 6.04 Å². The Bertz CT molecular complexity index is 459. The van der Waals surface area contributed by atoms with Crippen LogP contribution in [0.15, 0.2) is 24.3 Å². The number of rotatable bonds is 8. The monoisotopic (exact) mass is 276 g/mol. The maximum absolute atomic E-state index is 4.70. The molecule has 0 saturated heterocycles. The fourth-order valence-electron chi connectivity index (χ4n) is 2.33. The molecule has 0 aliphatic rings. The highest BCUT2D eigenvalue weighted by atomic mass is 32.1. The molecule has 1 N–H and O–H groups in total. The van der Waals surface area contributed by atoms with Gasteiger partial charge in [0.2, 0.25) is 0 Å². The van der Waals surface area contributed by atoms with Crippen molar-refractivity contribution in [1.29, 1.82) is 0 Å². The highest BCUT2D eigenvalue weighted by Gasteiger charge is 2.07. The van der Waals surface area contributed by atoms with E-state index in [4.69, 9.17) is 4.98 Å². The van der Waals surface area contributed by atoms with Gasteiger partial charge in [0.25, 0.3) is 0 Å². The molecule has 3 heteroatoms. The Kier molecular flexibility index (Phi) is 5.80. The molecule has 1 aromatic carbocycles. The Morgan fingerprint density at radius 1 is 1.26 bits per heavy atom. The van der Waals surface area contributed by atoms with Crippen molar-refractivity contribution < 1.29 is 0 Å². The lowest BCUT2D eigenvalue weighted by molar-refractivity contribution is 0.456. The highest BCUT2D eigenvalue weighted by Crippen LogP contribution is 2.23. The largest absolute Gasteiger partial charge is 0.314 e. The van der Waals surface area contributed by atoms with E-state index in [1.54, 1.807) is 0 Å². The lowest BCUT2D eigenvalue weighted by Gasteiger charge is -2.15. The van der Waals surface area contributed by atoms with Gasteiger partial charge in [-0.2, -0.15) is 0 Å². The lowest BCUT2D eigenvalue weighted by atomic mass is 10.1. The van der Waals surface area contributed by atoms with Gasteiger partial charge in [-0.05, 0) is 50.8 Å². The minimum absolute atomic E-state index is 0.675. The molecule has 104 valence electrons. The third kappa shape index (κ3) is 4.29. The Morgan fingerprint density at radius 2 is 2.11 bits per heavy atom. The molecule has 2 rings (SSSR count). The van der Waals surface area contributed by atoms with Crippen LogP contribution in [0.4, 0.5) is 0 Å². The molecule has 0 amide bonds. The zero-order valence-corrected chi connectivity index (χ0v) is 12.8. The maximum Gasteiger partial charge on any atom is 0.0938 e. The summed E-state index contributed by atoms with van der Waals surface area (Å²) in [7, 11) is 0. The Hall–Kier alpha value is -0.930. The number of fused-ring (bicyclic) bond motifs is 1. The summed E-state index contributed by atoms with van der Waals surface area (Å²) in [6.45, 7) is 5.63. The van der Waals surface area contributed by atoms with E-state index in [2.05, 4.69) is 43.4 Å². The summed E-state index contributed by atoms with van der Waals surface area (Å²) >= 11 is 1.84. The summed E-state index contributed by atoms with van der Waals surface area (Å²) < 4.78 is 1.31. The summed E-state index contributed by atoms with van der Waals surface area (Å²) in [5.74, 6) is 0. The van der Waals surface area contributed by atoms with Gasteiger partial charge in [-0.1, -0.05) is 26.0 Å². The molecule has 1 aromatic heterocycles. The average Bonchev–Trinajstić information content (AvgIpc) is 2.85. The van der Waals surface area contributed by atoms with Gasteiger partial charge in [-0.25, -0.2) is 4.98 Å². The molecular formula is C16H24N2S. The first-order valence-corrected chi connectivity index (χ1v) is 8.23. The second-order valence-corrected chi connectivity index (χ2v) is 6.14. The van der Waals surface area contributed by atoms with Crippen LogP contribution in [0.3, 0.4) is 0 Å². The van der Waals surface area contributed by atoms with E-state index in [1.807, 2.05) is 11.3 Å². The normalized spacial score (nSPS) is 12.9. The minimum Gasteiger partial charge on any atom is -0.314 e. The number of thiazole rings is 1. The Balaban J connectivity index is 1.81. The number of nitrogens with one attached hydrogen (secondary N) is 1. The lowest BCUT2D eigenvalue weighted by Crippen LogP contribution is -2.29. The summed E-state index contributed by atoms with van der Waals surface area (Å²) in [6.07, 6.45) is 6.04. The number of hydrogen-bond donors (Lipinski definition) is 1. The van der Waals surface area contributed by atoms with Crippen molar-refractivity contribution in [3.05, 3.63) is 29.3 Å². The Morgan fingerprint density at radius 3 is 2.84 bits per heavy atom. The van der Waals surface area contributed by atoms with E-state index < -0.39 is 0 Å². The van der Waals surface area contributed by atoms with Crippen LogP contribution in [0, 0.1) is 0 Å². The van der Waals surface area contributed by atoms with E-state index in [9.17, 15) is 0 Å². The summed E-state index contributed by atoms with van der Waals surface area (Å²) in [4.78, 5) is 4.70. The van der Waals surface area contributed by atoms with Crippen LogP contribution in [-0.2, 0) is 6.42 Å². The number of hydrogen-bond acceptors (Lipinski definition) is 3. The van der Waals surface area contributed by atoms with Crippen LogP contribution in [0.25, 0.3) is 10.2 Å². The quantitative estimate of drug-likeness (QED) is 0.773. The molecule has 19 heavy (non-hydrogen) atoms. The number of nitrogens with zero attached hydrogens (tertiary/aromatic N) is 1. The van der Waals surface area contributed by atoms with Gasteiger partial charge < -0.3 is 5.32 Å². The number of para-hydroxylation sites is 1. The maximum atomic E-state index is 4.70. The average molecular weight is 276 g/mol. The standard InChI is InChI=1S/C16H24N2S/c1-3-12-17-13(4-2)8-7-11-16-18-14-9-5-6-10-15(14)19-16/h5-6,9-10,13,17H,3-4,7-8,11-12H2,1-2H3. The second-order valence-electron chi connectivity index (χ2n) is 5.03. The Labute approximate surface area is 120 Å². The van der Waals surface area contributed by atoms with Crippen molar-refractivity contribution in [3.63, 3.8) is 0 Å². The highest BCUT2D eigenvalue weighted by molar-refractivity contribution is 7.18. The predicted molar refractivity (Wildman–Crippen MR) is 84.9 cm³/mol. The molecule has 1 heterocycles. The number of benzene rings is 1. The van der Waals surface area contributed by atoms with Crippen molar-refractivity contribution in [2.45, 2.75) is 52.0 Å². The van der Waals surface area contributed by atoms with Crippen molar-refractivity contribution in [3.8, 4) is 0 Å². The third-order valence-electron chi connectivity index (χ3n) is 3.46. The van der Waals surface area contributed by atoms with Gasteiger partial charge in [-0.3, -0.25) is 0 Å². The second kappa shape index (κ2) is 7.61. The fourth-order valence-corrected chi connectivity index (χ4v) is 3.33. The van der Waals surface area contributed by atoms with Gasteiger partial charge in [0.05, 0.1) is 15.2 Å². The van der Waals surface area contributed by atoms with Crippen molar-refractivity contribution >= 4 is 21.6 Å². The van der Waals surface area contributed by atoms with Crippen molar-refractivity contribution in [1.82, 2.24) is 10.3 Å². The molecule has 1 atom stereocenters. The van der Waals surface area contributed by atoms with E-state index in [1.165, 1.54) is 35.4 Å². The molecule has 2 nitrogen and oxygen atoms in total. The molecule has 0 spiro atoms. The van der Waals surface area contributed by atoms with Crippen LogP contribution in [0.2, 0.25) is 0 Å². The van der Waals surface area contributed by atoms with Gasteiger partial charge in [0.1, 0.15) is 0 Å². The van der Waals surface area contributed by atoms with Gasteiger partial charge in [-0.15, -0.1) is 11.3 Å². The van der Waals surface area contributed by atoms with Crippen LogP contribution in [0.5, 0.6) is 0 Å². The molecule has 0 fully saturated rings. The first-order valence-electron chi connectivity index (χ1n) is 7.41. The number of aryl methyl sites for hydroxylation is 1. The SMILES string of the molecule is CCCNC(CC)CCCc1nc2ccccc2s1. The molecule has 1 unspecified atom stereocenters. The molecule has 0 radical (unpaired) electrons. The summed E-state index contributed by atoms with van der Waals surface area (Å²) in [6, 6.07) is 9.09. The fraction of sp³-hybridized carbons (Fsp3) is 0.562. The van der Waals surface area contributed by atoms with Crippen molar-refractivity contribution in [2.24, 2.45) is 0 Å². The zero-order chi connectivity index (χ0) is 13.5. The van der Waals surface area contributed by atoms with Crippen LogP contribution in [0.1, 0.15) is 44.5 Å². The van der Waals surface area contributed by atoms with E-state index in [-0.39, 0.29) is 0 Å². The van der Waals surface area contributed by atoms with Crippen LogP contribution in [-0.4, -0.2) is 17.6 Å². The summed E-state index contributed by atoms with van der Waals surface area (Å²) in [5.41, 5.74) is 1.15. The zero-order valence-electron chi connectivity index (χ0n) is 12.0. The number of aromatic nitrogens is 1. The smallest absolute Gasteiger partial charge is 0.0938 e. The minimum atomic E-state index is 0.675. The predicted octanol–water partition coefficient (Wildman–Crippen LogP) is 4.40. The van der Waals surface area contributed by atoms with Crippen LogP contribution < -0.4 is 5.32 Å². The van der Waals surface area contributed by atoms with E-state index in [0.717, 1.165) is 18.5 Å². The first-order chi connectivity index (χ1) is 9.33. The topological polar surface area (TPSA) is 24.9 Å². The molecule has 0 bridgehead atoms. The van der Waals surface area contributed by atoms with E-state index >= 15 is 0 Å². The first kappa shape index (κ1) is 14.5. The van der Waals surface area contributed by atoms with Gasteiger partial charge >= 0.3 is 0 Å². The molecule has 0 saturated carbocycles. The van der Waals surface area contributed by atoms with Crippen LogP contribution >= 0.6 is 11.3 Å². The van der Waals surface area contributed by atoms with Gasteiger partial charge in [0.15, 0.2) is 0 Å². The molecule has 0 aliphatic heterocycles. The third-order valence-corrected chi connectivity index (χ3v) is 4.55. The van der Waals surface area contributed by atoms with E-state index in [0.29, 0.717) is 6.04 Å².